The third kappa shape index (κ3) is 4.33. The molecular formula is C23H18N2O3S. The van der Waals surface area contributed by atoms with Crippen LogP contribution in [-0.4, -0.2) is 22.0 Å². The van der Waals surface area contributed by atoms with Crippen LogP contribution in [0.3, 0.4) is 0 Å². The number of carboxylic acid groups (broad SMARTS) is 1. The second-order valence-corrected chi connectivity index (χ2v) is 7.70. The molecule has 0 spiro atoms. The molecule has 29 heavy (non-hydrogen) atoms. The van der Waals surface area contributed by atoms with Crippen LogP contribution in [0.2, 0.25) is 0 Å². The Kier molecular flexibility index (Phi) is 5.35. The van der Waals surface area contributed by atoms with Crippen LogP contribution in [0.25, 0.3) is 21.3 Å². The van der Waals surface area contributed by atoms with Gasteiger partial charge in [-0.15, -0.1) is 11.3 Å². The van der Waals surface area contributed by atoms with E-state index in [4.69, 9.17) is 0 Å². The third-order valence-electron chi connectivity index (χ3n) is 4.54. The van der Waals surface area contributed by atoms with Gasteiger partial charge in [0.15, 0.2) is 6.04 Å². The second kappa shape index (κ2) is 8.24. The van der Waals surface area contributed by atoms with Crippen LogP contribution in [0.15, 0.2) is 78.9 Å². The van der Waals surface area contributed by atoms with Crippen LogP contribution in [0.1, 0.15) is 16.6 Å². The molecule has 0 saturated heterocycles. The number of aromatic nitrogens is 1. The summed E-state index contributed by atoms with van der Waals surface area (Å²) in [5, 5.41) is 12.7. The predicted molar refractivity (Wildman–Crippen MR) is 114 cm³/mol. The molecule has 0 unspecified atom stereocenters. The molecule has 2 N–H and O–H groups in total. The molecular weight excluding hydrogens is 384 g/mol. The molecule has 0 aliphatic rings. The Morgan fingerprint density at radius 1 is 0.931 bits per heavy atom. The minimum atomic E-state index is -1.10. The van der Waals surface area contributed by atoms with E-state index in [1.165, 1.54) is 11.3 Å². The molecule has 0 saturated carbocycles. The topological polar surface area (TPSA) is 79.3 Å². The van der Waals surface area contributed by atoms with Gasteiger partial charge in [0.05, 0.1) is 16.6 Å². The normalized spacial score (nSPS) is 11.9. The molecule has 1 heterocycles. The molecule has 0 aliphatic carbocycles. The van der Waals surface area contributed by atoms with Crippen molar-refractivity contribution in [2.24, 2.45) is 0 Å². The van der Waals surface area contributed by atoms with Gasteiger partial charge in [-0.05, 0) is 28.8 Å². The monoisotopic (exact) mass is 402 g/mol. The number of carbonyl (C=O) groups is 2. The van der Waals surface area contributed by atoms with Crippen molar-refractivity contribution in [1.29, 1.82) is 0 Å². The van der Waals surface area contributed by atoms with E-state index in [1.54, 1.807) is 30.3 Å². The minimum absolute atomic E-state index is 0.0383. The Labute approximate surface area is 171 Å². The maximum absolute atomic E-state index is 12.5. The third-order valence-corrected chi connectivity index (χ3v) is 5.57. The van der Waals surface area contributed by atoms with Crippen LogP contribution in [0.5, 0.6) is 0 Å². The minimum Gasteiger partial charge on any atom is -0.479 e. The standard InChI is InChI=1S/C23H18N2O3S/c26-20(25-22(23(27)28)16-9-5-2-6-10-16)14-21-24-18-13-17(11-12-19(18)29-21)15-7-3-1-4-8-15/h1-13,22H,14H2,(H,25,26)(H,27,28)/t22-/m0/s1. The first kappa shape index (κ1) is 18.8. The lowest BCUT2D eigenvalue weighted by atomic mass is 10.1. The maximum Gasteiger partial charge on any atom is 0.330 e. The molecule has 0 radical (unpaired) electrons. The number of benzene rings is 3. The van der Waals surface area contributed by atoms with Crippen molar-refractivity contribution in [3.63, 3.8) is 0 Å². The lowest BCUT2D eigenvalue weighted by Gasteiger charge is -2.14. The summed E-state index contributed by atoms with van der Waals surface area (Å²) in [4.78, 5) is 28.6. The molecule has 1 amide bonds. The fraction of sp³-hybridized carbons (Fsp3) is 0.0870. The number of amides is 1. The van der Waals surface area contributed by atoms with Gasteiger partial charge in [-0.2, -0.15) is 0 Å². The van der Waals surface area contributed by atoms with Gasteiger partial charge >= 0.3 is 5.97 Å². The predicted octanol–water partition coefficient (Wildman–Crippen LogP) is 4.45. The SMILES string of the molecule is O=C(Cc1nc2cc(-c3ccccc3)ccc2s1)N[C@H](C(=O)O)c1ccccc1. The van der Waals surface area contributed by atoms with Gasteiger partial charge in [0, 0.05) is 0 Å². The average Bonchev–Trinajstić information content (AvgIpc) is 3.14. The van der Waals surface area contributed by atoms with Gasteiger partial charge in [-0.1, -0.05) is 66.7 Å². The van der Waals surface area contributed by atoms with Crippen molar-refractivity contribution in [2.45, 2.75) is 12.5 Å². The highest BCUT2D eigenvalue weighted by Crippen LogP contribution is 2.28. The zero-order chi connectivity index (χ0) is 20.2. The Hall–Kier alpha value is -3.51. The van der Waals surface area contributed by atoms with E-state index in [-0.39, 0.29) is 12.3 Å². The number of thiazole rings is 1. The number of carboxylic acids is 1. The summed E-state index contributed by atoms with van der Waals surface area (Å²) < 4.78 is 0.991. The fourth-order valence-corrected chi connectivity index (χ4v) is 4.09. The maximum atomic E-state index is 12.5. The van der Waals surface area contributed by atoms with Crippen molar-refractivity contribution in [1.82, 2.24) is 10.3 Å². The van der Waals surface area contributed by atoms with E-state index in [0.717, 1.165) is 21.3 Å². The van der Waals surface area contributed by atoms with Gasteiger partial charge in [-0.3, -0.25) is 4.79 Å². The molecule has 0 fully saturated rings. The number of hydrogen-bond donors (Lipinski definition) is 2. The average molecular weight is 402 g/mol. The summed E-state index contributed by atoms with van der Waals surface area (Å²) in [5.74, 6) is -1.47. The van der Waals surface area contributed by atoms with Crippen molar-refractivity contribution < 1.29 is 14.7 Å². The molecule has 6 heteroatoms. The Bertz CT molecular complexity index is 1160. The number of nitrogens with one attached hydrogen (secondary N) is 1. The quantitative estimate of drug-likeness (QED) is 0.499. The molecule has 144 valence electrons. The second-order valence-electron chi connectivity index (χ2n) is 6.58. The zero-order valence-corrected chi connectivity index (χ0v) is 16.2. The number of carbonyl (C=O) groups excluding carboxylic acids is 1. The fourth-order valence-electron chi connectivity index (χ4n) is 3.14. The molecule has 3 aromatic carbocycles. The van der Waals surface area contributed by atoms with E-state index in [2.05, 4.69) is 10.3 Å². The highest BCUT2D eigenvalue weighted by molar-refractivity contribution is 7.18. The first-order valence-electron chi connectivity index (χ1n) is 9.12. The molecule has 0 aliphatic heterocycles. The summed E-state index contributed by atoms with van der Waals surface area (Å²) in [5.41, 5.74) is 3.53. The number of hydrogen-bond acceptors (Lipinski definition) is 4. The van der Waals surface area contributed by atoms with E-state index in [1.807, 2.05) is 48.5 Å². The van der Waals surface area contributed by atoms with Gasteiger partial charge in [-0.25, -0.2) is 9.78 Å². The molecule has 1 atom stereocenters. The van der Waals surface area contributed by atoms with Crippen LogP contribution in [0.4, 0.5) is 0 Å². The first-order chi connectivity index (χ1) is 14.1. The van der Waals surface area contributed by atoms with E-state index < -0.39 is 12.0 Å². The highest BCUT2D eigenvalue weighted by Gasteiger charge is 2.22. The first-order valence-corrected chi connectivity index (χ1v) is 9.94. The lowest BCUT2D eigenvalue weighted by molar-refractivity contribution is -0.141. The number of aliphatic carboxylic acids is 1. The summed E-state index contributed by atoms with van der Waals surface area (Å²) in [6.07, 6.45) is 0.0383. The Morgan fingerprint density at radius 3 is 2.31 bits per heavy atom. The van der Waals surface area contributed by atoms with Gasteiger partial charge in [0.25, 0.3) is 0 Å². The zero-order valence-electron chi connectivity index (χ0n) is 15.4. The number of rotatable bonds is 6. The Balaban J connectivity index is 1.51. The van der Waals surface area contributed by atoms with Crippen molar-refractivity contribution in [3.05, 3.63) is 89.4 Å². The van der Waals surface area contributed by atoms with Crippen molar-refractivity contribution >= 4 is 33.4 Å². The van der Waals surface area contributed by atoms with Crippen LogP contribution >= 0.6 is 11.3 Å². The summed E-state index contributed by atoms with van der Waals surface area (Å²) in [6, 6.07) is 23.6. The van der Waals surface area contributed by atoms with Crippen LogP contribution < -0.4 is 5.32 Å². The summed E-state index contributed by atoms with van der Waals surface area (Å²) >= 11 is 1.44. The Morgan fingerprint density at radius 2 is 1.62 bits per heavy atom. The molecule has 0 bridgehead atoms. The van der Waals surface area contributed by atoms with Crippen LogP contribution in [0, 0.1) is 0 Å². The van der Waals surface area contributed by atoms with Gasteiger partial charge in [0.1, 0.15) is 5.01 Å². The van der Waals surface area contributed by atoms with Gasteiger partial charge < -0.3 is 10.4 Å². The van der Waals surface area contributed by atoms with E-state index in [9.17, 15) is 14.7 Å². The molecule has 1 aromatic heterocycles. The molecule has 4 aromatic rings. The molecule has 4 rings (SSSR count). The van der Waals surface area contributed by atoms with Crippen molar-refractivity contribution in [2.75, 3.05) is 0 Å². The summed E-state index contributed by atoms with van der Waals surface area (Å²) in [6.45, 7) is 0. The smallest absolute Gasteiger partial charge is 0.330 e. The molecule has 5 nitrogen and oxygen atoms in total. The van der Waals surface area contributed by atoms with E-state index >= 15 is 0 Å². The number of nitrogens with zero attached hydrogens (tertiary/aromatic N) is 1. The van der Waals surface area contributed by atoms with Crippen molar-refractivity contribution in [3.8, 4) is 11.1 Å². The van der Waals surface area contributed by atoms with Gasteiger partial charge in [0.2, 0.25) is 5.91 Å². The summed E-state index contributed by atoms with van der Waals surface area (Å²) in [7, 11) is 0. The van der Waals surface area contributed by atoms with E-state index in [0.29, 0.717) is 10.6 Å². The largest absolute Gasteiger partial charge is 0.479 e. The lowest BCUT2D eigenvalue weighted by Crippen LogP contribution is -2.34. The van der Waals surface area contributed by atoms with Crippen LogP contribution in [-0.2, 0) is 16.0 Å². The highest BCUT2D eigenvalue weighted by atomic mass is 32.1. The number of fused-ring (bicyclic) bond motifs is 1.